The van der Waals surface area contributed by atoms with Crippen molar-refractivity contribution < 1.29 is 28.8 Å². The van der Waals surface area contributed by atoms with E-state index in [-0.39, 0.29) is 59.0 Å². The molecule has 0 heterocycles. The molecule has 3 atom stereocenters. The third kappa shape index (κ3) is 22.7. The summed E-state index contributed by atoms with van der Waals surface area (Å²) < 4.78 is 0. The number of hydrogen-bond acceptors (Lipinski definition) is 6. The van der Waals surface area contributed by atoms with Gasteiger partial charge in [-0.15, -0.1) is 0 Å². The van der Waals surface area contributed by atoms with Crippen LogP contribution in [0.5, 0.6) is 0 Å². The molecule has 2 aliphatic rings. The first-order valence-electron chi connectivity index (χ1n) is 16.7. The fraction of sp³-hybridized carbons (Fsp3) is 0.771. The Balaban J connectivity index is 0.000000732. The van der Waals surface area contributed by atoms with Crippen molar-refractivity contribution in [2.24, 2.45) is 34.8 Å². The number of allylic oxidation sites excluding steroid dienone is 2. The number of ketones is 2. The lowest BCUT2D eigenvalue weighted by Crippen LogP contribution is -2.32. The van der Waals surface area contributed by atoms with Crippen molar-refractivity contribution in [3.8, 4) is 0 Å². The van der Waals surface area contributed by atoms with E-state index in [1.54, 1.807) is 7.05 Å². The highest BCUT2D eigenvalue weighted by Crippen LogP contribution is 2.39. The Hall–Kier alpha value is -2.84. The van der Waals surface area contributed by atoms with E-state index in [0.29, 0.717) is 25.0 Å². The van der Waals surface area contributed by atoms with Crippen LogP contribution in [-0.4, -0.2) is 49.2 Å². The number of amides is 3. The number of nitrogens with two attached hydrogens (primary N) is 1. The van der Waals surface area contributed by atoms with Gasteiger partial charge in [-0.05, 0) is 62.7 Å². The predicted octanol–water partition coefficient (Wildman–Crippen LogP) is 5.63. The molecule has 0 aromatic heterocycles. The van der Waals surface area contributed by atoms with Crippen LogP contribution in [0.4, 0.5) is 0 Å². The van der Waals surface area contributed by atoms with E-state index in [2.05, 4.69) is 36.6 Å². The van der Waals surface area contributed by atoms with E-state index < -0.39 is 0 Å². The number of hydrogen-bond donors (Lipinski definition) is 3. The van der Waals surface area contributed by atoms with Crippen molar-refractivity contribution in [3.63, 3.8) is 0 Å². The van der Waals surface area contributed by atoms with Gasteiger partial charge in [0, 0.05) is 37.6 Å². The third-order valence-electron chi connectivity index (χ3n) is 7.62. The summed E-state index contributed by atoms with van der Waals surface area (Å²) in [7, 11) is 1.71. The molecule has 4 N–H and O–H groups in total. The molecule has 0 aliphatic heterocycles. The van der Waals surface area contributed by atoms with Crippen LogP contribution >= 0.6 is 0 Å². The first-order valence-corrected chi connectivity index (χ1v) is 16.7. The third-order valence-corrected chi connectivity index (χ3v) is 7.62. The lowest BCUT2D eigenvalue weighted by molar-refractivity contribution is -0.130. The van der Waals surface area contributed by atoms with Gasteiger partial charge in [0.15, 0.2) is 17.9 Å². The summed E-state index contributed by atoms with van der Waals surface area (Å²) in [6.45, 7) is 10.4. The van der Waals surface area contributed by atoms with E-state index >= 15 is 0 Å². The van der Waals surface area contributed by atoms with Gasteiger partial charge in [-0.25, -0.2) is 0 Å². The first kappa shape index (κ1) is 41.2. The SMILES string of the molecule is CCCCC/C=C\[C@@H]1C[C@@H]1C(=O)NC.CCCC[C@H](CCCCC(=O)CNC(=O)CC(C)(C)C)C(N)=O.O=CC(=O)C1CC1. The molecule has 2 fully saturated rings. The second-order valence-electron chi connectivity index (χ2n) is 13.4. The molecule has 44 heavy (non-hydrogen) atoms. The predicted molar refractivity (Wildman–Crippen MR) is 176 cm³/mol. The standard InChI is InChI=1S/C18H34N2O3.C12H21NO.C5H6O2/c1-5-6-9-14(17(19)23)10-7-8-11-15(21)13-20-16(22)12-18(2,3)4;1-3-4-5-6-7-8-10-9-11(10)12(14)13-2;6-3-5(7)4-1-2-4/h14H,5-13H2,1-4H3,(H2,19,23)(H,20,22);7-8,10-11H,3-6,9H2,1-2H3,(H,13,14);3-4H,1-2H2/b;8-7-;/t14-;10-,11+;/m11./s1. The summed E-state index contributed by atoms with van der Waals surface area (Å²) in [6.07, 6.45) is 18.9. The van der Waals surface area contributed by atoms with Crippen molar-refractivity contribution in [2.45, 2.75) is 131 Å². The van der Waals surface area contributed by atoms with Gasteiger partial charge in [0.05, 0.1) is 6.54 Å². The smallest absolute Gasteiger partial charge is 0.223 e. The summed E-state index contributed by atoms with van der Waals surface area (Å²) in [5.74, 6) is 0.524. The Morgan fingerprint density at radius 3 is 2.07 bits per heavy atom. The average Bonchev–Trinajstić information content (AvgIpc) is 3.90. The number of carbonyl (C=O) groups is 6. The van der Waals surface area contributed by atoms with Gasteiger partial charge in [0.2, 0.25) is 17.7 Å². The summed E-state index contributed by atoms with van der Waals surface area (Å²) in [5.41, 5.74) is 5.32. The quantitative estimate of drug-likeness (QED) is 0.0695. The Morgan fingerprint density at radius 1 is 0.932 bits per heavy atom. The van der Waals surface area contributed by atoms with Crippen molar-refractivity contribution in [1.82, 2.24) is 10.6 Å². The van der Waals surface area contributed by atoms with E-state index in [1.165, 1.54) is 25.7 Å². The van der Waals surface area contributed by atoms with Gasteiger partial charge < -0.3 is 16.4 Å². The number of unbranched alkanes of at least 4 members (excludes halogenated alkanes) is 5. The molecule has 9 nitrogen and oxygen atoms in total. The highest BCUT2D eigenvalue weighted by Gasteiger charge is 2.40. The number of nitrogens with one attached hydrogen (secondary N) is 2. The van der Waals surface area contributed by atoms with Gasteiger partial charge in [-0.1, -0.05) is 78.9 Å². The van der Waals surface area contributed by atoms with Gasteiger partial charge >= 0.3 is 0 Å². The van der Waals surface area contributed by atoms with Crippen LogP contribution in [-0.2, 0) is 28.8 Å². The number of aldehydes is 1. The minimum absolute atomic E-state index is 0.0384. The summed E-state index contributed by atoms with van der Waals surface area (Å²) in [4.78, 5) is 65.8. The van der Waals surface area contributed by atoms with Crippen LogP contribution in [0, 0.1) is 29.1 Å². The molecule has 0 aromatic carbocycles. The fourth-order valence-electron chi connectivity index (χ4n) is 4.58. The highest BCUT2D eigenvalue weighted by molar-refractivity contribution is 6.26. The van der Waals surface area contributed by atoms with Crippen LogP contribution < -0.4 is 16.4 Å². The molecule has 0 spiro atoms. The number of rotatable bonds is 20. The zero-order valence-electron chi connectivity index (χ0n) is 28.4. The molecule has 0 saturated heterocycles. The molecule has 2 rings (SSSR count). The Labute approximate surface area is 266 Å². The summed E-state index contributed by atoms with van der Waals surface area (Å²) in [5, 5.41) is 5.37. The van der Waals surface area contributed by atoms with Gasteiger partial charge in [-0.2, -0.15) is 0 Å². The maximum absolute atomic E-state index is 11.8. The van der Waals surface area contributed by atoms with E-state index in [4.69, 9.17) is 5.73 Å². The minimum atomic E-state index is -0.237. The molecule has 0 unspecified atom stereocenters. The Morgan fingerprint density at radius 2 is 1.57 bits per heavy atom. The van der Waals surface area contributed by atoms with E-state index in [1.807, 2.05) is 20.8 Å². The van der Waals surface area contributed by atoms with Crippen LogP contribution in [0.2, 0.25) is 0 Å². The van der Waals surface area contributed by atoms with Crippen molar-refractivity contribution in [1.29, 1.82) is 0 Å². The molecule has 3 amide bonds. The zero-order valence-corrected chi connectivity index (χ0v) is 28.4. The van der Waals surface area contributed by atoms with E-state index in [0.717, 1.165) is 57.8 Å². The highest BCUT2D eigenvalue weighted by atomic mass is 16.2. The summed E-state index contributed by atoms with van der Waals surface area (Å²) >= 11 is 0. The molecule has 2 aliphatic carbocycles. The lowest BCUT2D eigenvalue weighted by atomic mass is 9.92. The monoisotopic (exact) mass is 619 g/mol. The van der Waals surface area contributed by atoms with Crippen molar-refractivity contribution >= 4 is 35.6 Å². The second-order valence-corrected chi connectivity index (χ2v) is 13.4. The summed E-state index contributed by atoms with van der Waals surface area (Å²) in [6, 6.07) is 0. The molecule has 9 heteroatoms. The topological polar surface area (TPSA) is 152 Å². The maximum atomic E-state index is 11.8. The number of primary amides is 1. The second kappa shape index (κ2) is 23.5. The van der Waals surface area contributed by atoms with Crippen LogP contribution in [0.3, 0.4) is 0 Å². The zero-order chi connectivity index (χ0) is 33.5. The van der Waals surface area contributed by atoms with Crippen LogP contribution in [0.1, 0.15) is 131 Å². The number of carbonyl (C=O) groups excluding carboxylic acids is 6. The Bertz CT molecular complexity index is 920. The van der Waals surface area contributed by atoms with Crippen molar-refractivity contribution in [3.05, 3.63) is 12.2 Å². The maximum Gasteiger partial charge on any atom is 0.223 e. The van der Waals surface area contributed by atoms with Crippen LogP contribution in [0.15, 0.2) is 12.2 Å². The molecule has 0 aromatic rings. The van der Waals surface area contributed by atoms with Gasteiger partial charge in [-0.3, -0.25) is 28.8 Å². The first-order chi connectivity index (χ1) is 20.8. The molecule has 0 bridgehead atoms. The molecular weight excluding hydrogens is 558 g/mol. The average molecular weight is 620 g/mol. The molecule has 252 valence electrons. The van der Waals surface area contributed by atoms with Gasteiger partial charge in [0.25, 0.3) is 0 Å². The van der Waals surface area contributed by atoms with Crippen molar-refractivity contribution in [2.75, 3.05) is 13.6 Å². The molecule has 2 saturated carbocycles. The molecule has 0 radical (unpaired) electrons. The Kier molecular flexibility index (Phi) is 22.0. The van der Waals surface area contributed by atoms with Gasteiger partial charge in [0.1, 0.15) is 0 Å². The minimum Gasteiger partial charge on any atom is -0.369 e. The van der Waals surface area contributed by atoms with E-state index in [9.17, 15) is 28.8 Å². The fourth-order valence-corrected chi connectivity index (χ4v) is 4.58. The van der Waals surface area contributed by atoms with Crippen LogP contribution in [0.25, 0.3) is 0 Å². The largest absolute Gasteiger partial charge is 0.369 e. The normalized spacial score (nSPS) is 17.7. The molecular formula is C35H61N3O6. The number of Topliss-reactive ketones (excluding diaryl/α,β-unsaturated/α-hetero) is 2. The lowest BCUT2D eigenvalue weighted by Gasteiger charge is -2.17.